The number of carbonyl (C=O) groups excluding carboxylic acids is 2. The number of hydrogen-bond acceptors (Lipinski definition) is 8. The van der Waals surface area contributed by atoms with Gasteiger partial charge in [-0.25, -0.2) is 4.79 Å². The van der Waals surface area contributed by atoms with Gasteiger partial charge in [0, 0.05) is 18.0 Å². The Morgan fingerprint density at radius 2 is 1.87 bits per heavy atom. The molecule has 10 heteroatoms. The molecule has 0 spiro atoms. The average molecular weight is 551 g/mol. The van der Waals surface area contributed by atoms with Crippen molar-refractivity contribution in [1.82, 2.24) is 14.8 Å². The summed E-state index contributed by atoms with van der Waals surface area (Å²) in [5.41, 5.74) is 4.33. The van der Waals surface area contributed by atoms with Gasteiger partial charge in [0.05, 0.1) is 12.4 Å². The lowest BCUT2D eigenvalue weighted by Crippen LogP contribution is -2.17. The van der Waals surface area contributed by atoms with Crippen molar-refractivity contribution in [2.24, 2.45) is 7.05 Å². The third kappa shape index (κ3) is 6.25. The second-order valence-electron chi connectivity index (χ2n) is 8.68. The minimum Gasteiger partial charge on any atom is -0.483 e. The number of anilines is 1. The number of thiophene rings is 1. The molecule has 2 heterocycles. The van der Waals surface area contributed by atoms with Gasteiger partial charge in [-0.05, 0) is 56.5 Å². The first-order valence-corrected chi connectivity index (χ1v) is 14.0. The van der Waals surface area contributed by atoms with Gasteiger partial charge < -0.3 is 19.4 Å². The van der Waals surface area contributed by atoms with Crippen molar-refractivity contribution in [2.75, 3.05) is 17.7 Å². The van der Waals surface area contributed by atoms with E-state index in [4.69, 9.17) is 9.47 Å². The molecule has 0 bridgehead atoms. The highest BCUT2D eigenvalue weighted by Gasteiger charge is 2.23. The fourth-order valence-electron chi connectivity index (χ4n) is 3.83. The standard InChI is InChI=1S/C28H30N4O4S2/c1-6-35-27(34)24-22(20-10-8-7-9-11-20)15-37-26(24)29-23(33)16-38-28-31-30-25(32(28)5)19(4)36-21-13-12-17(2)18(3)14-21/h7-15,19H,6,16H2,1-5H3,(H,29,33). The van der Waals surface area contributed by atoms with Crippen molar-refractivity contribution in [1.29, 1.82) is 0 Å². The van der Waals surface area contributed by atoms with Crippen LogP contribution < -0.4 is 10.1 Å². The molecule has 1 atom stereocenters. The molecule has 198 valence electrons. The van der Waals surface area contributed by atoms with Crippen LogP contribution in [0.4, 0.5) is 5.00 Å². The summed E-state index contributed by atoms with van der Waals surface area (Å²) in [6, 6.07) is 15.5. The molecule has 2 aromatic carbocycles. The van der Waals surface area contributed by atoms with Gasteiger partial charge in [-0.3, -0.25) is 4.79 Å². The molecule has 0 radical (unpaired) electrons. The molecule has 0 fully saturated rings. The van der Waals surface area contributed by atoms with Gasteiger partial charge in [0.1, 0.15) is 16.3 Å². The van der Waals surface area contributed by atoms with E-state index in [1.54, 1.807) is 6.92 Å². The number of aromatic nitrogens is 3. The maximum atomic E-state index is 12.9. The number of amides is 1. The smallest absolute Gasteiger partial charge is 0.341 e. The summed E-state index contributed by atoms with van der Waals surface area (Å²) >= 11 is 2.56. The number of esters is 1. The van der Waals surface area contributed by atoms with E-state index < -0.39 is 5.97 Å². The number of nitrogens with zero attached hydrogens (tertiary/aromatic N) is 3. The van der Waals surface area contributed by atoms with Crippen molar-refractivity contribution in [3.05, 3.63) is 76.4 Å². The van der Waals surface area contributed by atoms with Crippen LogP contribution in [0.5, 0.6) is 5.75 Å². The summed E-state index contributed by atoms with van der Waals surface area (Å²) < 4.78 is 13.2. The van der Waals surface area contributed by atoms with E-state index in [9.17, 15) is 9.59 Å². The molecule has 2 aromatic heterocycles. The Morgan fingerprint density at radius 3 is 2.58 bits per heavy atom. The molecular formula is C28H30N4O4S2. The molecule has 4 aromatic rings. The number of nitrogens with one attached hydrogen (secondary N) is 1. The van der Waals surface area contributed by atoms with Crippen molar-refractivity contribution in [3.8, 4) is 16.9 Å². The minimum atomic E-state index is -0.466. The third-order valence-electron chi connectivity index (χ3n) is 5.96. The number of hydrogen-bond donors (Lipinski definition) is 1. The Balaban J connectivity index is 1.42. The number of ether oxygens (including phenoxy) is 2. The summed E-state index contributed by atoms with van der Waals surface area (Å²) in [6.07, 6.45) is -0.326. The van der Waals surface area contributed by atoms with Crippen LogP contribution in [0.3, 0.4) is 0 Å². The fraction of sp³-hybridized carbons (Fsp3) is 0.286. The van der Waals surface area contributed by atoms with Crippen LogP contribution in [0, 0.1) is 13.8 Å². The lowest BCUT2D eigenvalue weighted by molar-refractivity contribution is -0.113. The van der Waals surface area contributed by atoms with Crippen LogP contribution >= 0.6 is 23.1 Å². The van der Waals surface area contributed by atoms with Crippen LogP contribution in [0.1, 0.15) is 47.3 Å². The van der Waals surface area contributed by atoms with Gasteiger partial charge in [0.25, 0.3) is 0 Å². The summed E-state index contributed by atoms with van der Waals surface area (Å²) in [5.74, 6) is 0.790. The molecule has 0 saturated heterocycles. The van der Waals surface area contributed by atoms with E-state index in [2.05, 4.69) is 22.4 Å². The van der Waals surface area contributed by atoms with Crippen molar-refractivity contribution >= 4 is 40.0 Å². The number of aryl methyl sites for hydroxylation is 2. The third-order valence-corrected chi connectivity index (χ3v) is 7.88. The van der Waals surface area contributed by atoms with Crippen LogP contribution in [0.2, 0.25) is 0 Å². The average Bonchev–Trinajstić information content (AvgIpc) is 3.49. The second-order valence-corrected chi connectivity index (χ2v) is 10.5. The zero-order valence-corrected chi connectivity index (χ0v) is 23.6. The highest BCUT2D eigenvalue weighted by Crippen LogP contribution is 2.36. The van der Waals surface area contributed by atoms with Crippen LogP contribution in [-0.4, -0.2) is 39.0 Å². The lowest BCUT2D eigenvalue weighted by atomic mass is 10.0. The molecule has 0 aliphatic heterocycles. The van der Waals surface area contributed by atoms with E-state index in [-0.39, 0.29) is 24.4 Å². The summed E-state index contributed by atoms with van der Waals surface area (Å²) in [5, 5.41) is 14.3. The molecule has 0 aliphatic carbocycles. The Hall–Kier alpha value is -3.63. The van der Waals surface area contributed by atoms with Gasteiger partial charge in [-0.15, -0.1) is 21.5 Å². The van der Waals surface area contributed by atoms with Crippen molar-refractivity contribution in [2.45, 2.75) is 39.0 Å². The SMILES string of the molecule is CCOC(=O)c1c(-c2ccccc2)csc1NC(=O)CSc1nnc(C(C)Oc2ccc(C)c(C)c2)n1C. The lowest BCUT2D eigenvalue weighted by Gasteiger charge is -2.15. The molecule has 4 rings (SSSR count). The molecule has 8 nitrogen and oxygen atoms in total. The fourth-order valence-corrected chi connectivity index (χ4v) is 5.52. The zero-order valence-electron chi connectivity index (χ0n) is 22.0. The van der Waals surface area contributed by atoms with E-state index in [1.807, 2.05) is 79.4 Å². The summed E-state index contributed by atoms with van der Waals surface area (Å²) in [6.45, 7) is 8.02. The van der Waals surface area contributed by atoms with E-state index in [1.165, 1.54) is 28.7 Å². The molecule has 1 unspecified atom stereocenters. The largest absolute Gasteiger partial charge is 0.483 e. The Labute approximate surface area is 230 Å². The van der Waals surface area contributed by atoms with E-state index in [0.29, 0.717) is 21.5 Å². The molecule has 0 saturated carbocycles. The highest BCUT2D eigenvalue weighted by molar-refractivity contribution is 7.99. The molecule has 0 aliphatic rings. The van der Waals surface area contributed by atoms with Gasteiger partial charge in [0.15, 0.2) is 17.1 Å². The molecule has 1 amide bonds. The Kier molecular flexibility index (Phi) is 8.85. The summed E-state index contributed by atoms with van der Waals surface area (Å²) in [7, 11) is 1.85. The van der Waals surface area contributed by atoms with E-state index >= 15 is 0 Å². The topological polar surface area (TPSA) is 95.3 Å². The number of carbonyl (C=O) groups is 2. The number of benzene rings is 2. The Morgan fingerprint density at radius 1 is 1.11 bits per heavy atom. The van der Waals surface area contributed by atoms with Crippen LogP contribution in [0.25, 0.3) is 11.1 Å². The maximum Gasteiger partial charge on any atom is 0.341 e. The molecular weight excluding hydrogens is 520 g/mol. The van der Waals surface area contributed by atoms with Crippen molar-refractivity contribution < 1.29 is 19.1 Å². The van der Waals surface area contributed by atoms with E-state index in [0.717, 1.165) is 22.4 Å². The van der Waals surface area contributed by atoms with Crippen LogP contribution in [0.15, 0.2) is 59.1 Å². The van der Waals surface area contributed by atoms with Gasteiger partial charge in [0.2, 0.25) is 5.91 Å². The van der Waals surface area contributed by atoms with Crippen LogP contribution in [-0.2, 0) is 16.6 Å². The highest BCUT2D eigenvalue weighted by atomic mass is 32.2. The number of thioether (sulfide) groups is 1. The van der Waals surface area contributed by atoms with Gasteiger partial charge in [-0.1, -0.05) is 48.2 Å². The number of rotatable bonds is 10. The minimum absolute atomic E-state index is 0.0964. The summed E-state index contributed by atoms with van der Waals surface area (Å²) in [4.78, 5) is 25.6. The quantitative estimate of drug-likeness (QED) is 0.185. The first-order chi connectivity index (χ1) is 18.3. The zero-order chi connectivity index (χ0) is 27.2. The maximum absolute atomic E-state index is 12.9. The monoisotopic (exact) mass is 550 g/mol. The van der Waals surface area contributed by atoms with Gasteiger partial charge in [-0.2, -0.15) is 0 Å². The van der Waals surface area contributed by atoms with Gasteiger partial charge >= 0.3 is 5.97 Å². The predicted octanol–water partition coefficient (Wildman–Crippen LogP) is 6.21. The molecule has 38 heavy (non-hydrogen) atoms. The predicted molar refractivity (Wildman–Crippen MR) is 151 cm³/mol. The van der Waals surface area contributed by atoms with Crippen molar-refractivity contribution in [3.63, 3.8) is 0 Å². The molecule has 1 N–H and O–H groups in total. The Bertz CT molecular complexity index is 1430. The second kappa shape index (κ2) is 12.3. The first kappa shape index (κ1) is 27.4. The normalized spacial score (nSPS) is 11.7. The first-order valence-electron chi connectivity index (χ1n) is 12.2.